The summed E-state index contributed by atoms with van der Waals surface area (Å²) in [6, 6.07) is 15.3. The Labute approximate surface area is 182 Å². The van der Waals surface area contributed by atoms with Crippen LogP contribution in [0.1, 0.15) is 32.7 Å². The highest BCUT2D eigenvalue weighted by atomic mass is 16.2. The van der Waals surface area contributed by atoms with Crippen LogP contribution in [0.25, 0.3) is 0 Å². The average Bonchev–Trinajstić information content (AvgIpc) is 3.03. The molecule has 2 aliphatic heterocycles. The van der Waals surface area contributed by atoms with E-state index in [0.717, 1.165) is 37.6 Å². The van der Waals surface area contributed by atoms with Crippen LogP contribution in [0.4, 0.5) is 5.69 Å². The van der Waals surface area contributed by atoms with Gasteiger partial charge in [-0.1, -0.05) is 24.3 Å². The normalized spacial score (nSPS) is 16.5. The summed E-state index contributed by atoms with van der Waals surface area (Å²) >= 11 is 0. The Kier molecular flexibility index (Phi) is 6.32. The van der Waals surface area contributed by atoms with Crippen LogP contribution in [0, 0.1) is 6.92 Å². The third-order valence-corrected chi connectivity index (χ3v) is 5.93. The molecule has 7 nitrogen and oxygen atoms in total. The molecule has 0 aliphatic carbocycles. The van der Waals surface area contributed by atoms with Crippen molar-refractivity contribution in [2.24, 2.45) is 0 Å². The van der Waals surface area contributed by atoms with Gasteiger partial charge in [0.25, 0.3) is 11.8 Å². The molecule has 0 saturated carbocycles. The molecule has 0 bridgehead atoms. The van der Waals surface area contributed by atoms with Crippen molar-refractivity contribution in [1.82, 2.24) is 15.1 Å². The van der Waals surface area contributed by atoms with Gasteiger partial charge in [-0.25, -0.2) is 0 Å². The van der Waals surface area contributed by atoms with Gasteiger partial charge in [-0.05, 0) is 36.8 Å². The maximum atomic E-state index is 12.4. The number of amides is 3. The lowest BCUT2D eigenvalue weighted by Gasteiger charge is -2.36. The smallest absolute Gasteiger partial charge is 0.261 e. The number of aryl methyl sites for hydroxylation is 1. The number of carbonyl (C=O) groups excluding carboxylic acids is 3. The van der Waals surface area contributed by atoms with Crippen LogP contribution in [0.2, 0.25) is 0 Å². The van der Waals surface area contributed by atoms with E-state index < -0.39 is 0 Å². The van der Waals surface area contributed by atoms with Gasteiger partial charge in [0.05, 0.1) is 11.1 Å². The third kappa shape index (κ3) is 4.77. The second kappa shape index (κ2) is 9.31. The monoisotopic (exact) mass is 420 g/mol. The van der Waals surface area contributed by atoms with Crippen LogP contribution in [0.5, 0.6) is 0 Å². The summed E-state index contributed by atoms with van der Waals surface area (Å²) in [7, 11) is 0. The van der Waals surface area contributed by atoms with Gasteiger partial charge in [-0.2, -0.15) is 0 Å². The summed E-state index contributed by atoms with van der Waals surface area (Å²) in [4.78, 5) is 42.8. The van der Waals surface area contributed by atoms with E-state index in [1.807, 2.05) is 0 Å². The number of rotatable bonds is 7. The van der Waals surface area contributed by atoms with Gasteiger partial charge in [-0.3, -0.25) is 24.2 Å². The van der Waals surface area contributed by atoms with Crippen molar-refractivity contribution in [3.8, 4) is 0 Å². The predicted octanol–water partition coefficient (Wildman–Crippen LogP) is 1.92. The number of imide groups is 1. The van der Waals surface area contributed by atoms with Crippen LogP contribution < -0.4 is 10.2 Å². The van der Waals surface area contributed by atoms with Crippen LogP contribution in [-0.2, 0) is 4.79 Å². The van der Waals surface area contributed by atoms with Crippen molar-refractivity contribution in [1.29, 1.82) is 0 Å². The Morgan fingerprint density at radius 1 is 0.903 bits per heavy atom. The summed E-state index contributed by atoms with van der Waals surface area (Å²) in [6.07, 6.45) is 0.118. The molecule has 1 fully saturated rings. The molecule has 7 heteroatoms. The Balaban J connectivity index is 1.16. The first kappa shape index (κ1) is 21.1. The zero-order valence-corrected chi connectivity index (χ0v) is 17.8. The Hall–Kier alpha value is -3.19. The van der Waals surface area contributed by atoms with Gasteiger partial charge in [0, 0.05) is 57.9 Å². The number of nitrogens with one attached hydrogen (secondary N) is 1. The SMILES string of the molecule is Cc1cccc(N2CCN(CCNC(=O)CCN3C(=O)c4ccccc4C3=O)CC2)c1. The first-order valence-electron chi connectivity index (χ1n) is 10.8. The zero-order valence-electron chi connectivity index (χ0n) is 17.8. The lowest BCUT2D eigenvalue weighted by atomic mass is 10.1. The summed E-state index contributed by atoms with van der Waals surface area (Å²) in [5.74, 6) is -0.783. The number of benzene rings is 2. The van der Waals surface area contributed by atoms with Crippen molar-refractivity contribution in [3.05, 3.63) is 65.2 Å². The highest BCUT2D eigenvalue weighted by Gasteiger charge is 2.34. The zero-order chi connectivity index (χ0) is 21.8. The third-order valence-electron chi connectivity index (χ3n) is 5.93. The fourth-order valence-electron chi connectivity index (χ4n) is 4.15. The van der Waals surface area contributed by atoms with E-state index in [0.29, 0.717) is 17.7 Å². The van der Waals surface area contributed by atoms with E-state index in [4.69, 9.17) is 0 Å². The second-order valence-corrected chi connectivity index (χ2v) is 8.08. The molecule has 1 N–H and O–H groups in total. The number of hydrogen-bond acceptors (Lipinski definition) is 5. The first-order valence-corrected chi connectivity index (χ1v) is 10.8. The van der Waals surface area contributed by atoms with Crippen LogP contribution >= 0.6 is 0 Å². The van der Waals surface area contributed by atoms with Crippen LogP contribution in [0.3, 0.4) is 0 Å². The van der Waals surface area contributed by atoms with Gasteiger partial charge >= 0.3 is 0 Å². The summed E-state index contributed by atoms with van der Waals surface area (Å²) in [6.45, 7) is 7.42. The molecule has 0 spiro atoms. The molecule has 2 heterocycles. The Bertz CT molecular complexity index is 947. The molecule has 1 saturated heterocycles. The van der Waals surface area contributed by atoms with Crippen molar-refractivity contribution < 1.29 is 14.4 Å². The van der Waals surface area contributed by atoms with Gasteiger partial charge in [0.1, 0.15) is 0 Å². The number of anilines is 1. The van der Waals surface area contributed by atoms with Gasteiger partial charge in [-0.15, -0.1) is 0 Å². The summed E-state index contributed by atoms with van der Waals surface area (Å²) in [5.41, 5.74) is 3.36. The number of fused-ring (bicyclic) bond motifs is 1. The fraction of sp³-hybridized carbons (Fsp3) is 0.375. The minimum Gasteiger partial charge on any atom is -0.369 e. The lowest BCUT2D eigenvalue weighted by Crippen LogP contribution is -2.48. The van der Waals surface area contributed by atoms with Crippen molar-refractivity contribution >= 4 is 23.4 Å². The van der Waals surface area contributed by atoms with Crippen LogP contribution in [0.15, 0.2) is 48.5 Å². The van der Waals surface area contributed by atoms with E-state index in [2.05, 4.69) is 46.3 Å². The summed E-state index contributed by atoms with van der Waals surface area (Å²) < 4.78 is 0. The second-order valence-electron chi connectivity index (χ2n) is 8.08. The number of piperazine rings is 1. The predicted molar refractivity (Wildman–Crippen MR) is 119 cm³/mol. The Morgan fingerprint density at radius 3 is 2.23 bits per heavy atom. The molecule has 31 heavy (non-hydrogen) atoms. The van der Waals surface area contributed by atoms with E-state index in [9.17, 15) is 14.4 Å². The van der Waals surface area contributed by atoms with E-state index in [1.54, 1.807) is 24.3 Å². The molecular formula is C24H28N4O3. The van der Waals surface area contributed by atoms with Crippen LogP contribution in [-0.4, -0.2) is 73.3 Å². The minimum atomic E-state index is -0.320. The van der Waals surface area contributed by atoms with Gasteiger partial charge < -0.3 is 10.2 Å². The molecular weight excluding hydrogens is 392 g/mol. The molecule has 2 aromatic carbocycles. The molecule has 0 radical (unpaired) electrons. The molecule has 0 atom stereocenters. The van der Waals surface area contributed by atoms with Crippen molar-refractivity contribution in [2.45, 2.75) is 13.3 Å². The lowest BCUT2D eigenvalue weighted by molar-refractivity contribution is -0.121. The molecule has 2 aromatic rings. The number of nitrogens with zero attached hydrogens (tertiary/aromatic N) is 3. The van der Waals surface area contributed by atoms with Crippen molar-refractivity contribution in [3.63, 3.8) is 0 Å². The highest BCUT2D eigenvalue weighted by molar-refractivity contribution is 6.21. The maximum absolute atomic E-state index is 12.4. The standard InChI is InChI=1S/C24H28N4O3/c1-18-5-4-6-19(17-18)27-15-13-26(14-16-27)12-10-25-22(29)9-11-28-23(30)20-7-2-3-8-21(20)24(28)31/h2-8,17H,9-16H2,1H3,(H,25,29). The van der Waals surface area contributed by atoms with Gasteiger partial charge in [0.2, 0.25) is 5.91 Å². The summed E-state index contributed by atoms with van der Waals surface area (Å²) in [5, 5.41) is 2.91. The maximum Gasteiger partial charge on any atom is 0.261 e. The minimum absolute atomic E-state index is 0.105. The largest absolute Gasteiger partial charge is 0.369 e. The number of carbonyl (C=O) groups is 3. The molecule has 162 valence electrons. The van der Waals surface area contributed by atoms with Crippen molar-refractivity contribution in [2.75, 3.05) is 50.7 Å². The molecule has 4 rings (SSSR count). The quantitative estimate of drug-likeness (QED) is 0.693. The first-order chi connectivity index (χ1) is 15.0. The van der Waals surface area contributed by atoms with E-state index >= 15 is 0 Å². The molecule has 2 aliphatic rings. The number of hydrogen-bond donors (Lipinski definition) is 1. The Morgan fingerprint density at radius 2 is 1.58 bits per heavy atom. The molecule has 0 aromatic heterocycles. The van der Waals surface area contributed by atoms with Gasteiger partial charge in [0.15, 0.2) is 0 Å². The molecule has 0 unspecified atom stereocenters. The average molecular weight is 421 g/mol. The topological polar surface area (TPSA) is 73.0 Å². The molecule has 3 amide bonds. The van der Waals surface area contributed by atoms with E-state index in [1.165, 1.54) is 11.3 Å². The fourth-order valence-corrected chi connectivity index (χ4v) is 4.15. The van der Waals surface area contributed by atoms with E-state index in [-0.39, 0.29) is 30.7 Å². The highest BCUT2D eigenvalue weighted by Crippen LogP contribution is 2.22.